The first-order valence-corrected chi connectivity index (χ1v) is 8.98. The van der Waals surface area contributed by atoms with Crippen LogP contribution in [-0.2, 0) is 12.4 Å². The van der Waals surface area contributed by atoms with Gasteiger partial charge in [0.25, 0.3) is 11.1 Å². The number of para-hydroxylation sites is 2. The molecule has 0 bridgehead atoms. The molecule has 0 amide bonds. The molecular formula is C17H15BrN2O3S. The highest BCUT2D eigenvalue weighted by Crippen LogP contribution is 2.27. The predicted octanol–water partition coefficient (Wildman–Crippen LogP) is 4.71. The lowest BCUT2D eigenvalue weighted by molar-refractivity contribution is 0.241. The summed E-state index contributed by atoms with van der Waals surface area (Å²) in [6, 6.07) is 15.5. The van der Waals surface area contributed by atoms with E-state index in [9.17, 15) is 0 Å². The first-order valence-electron chi connectivity index (χ1n) is 7.20. The summed E-state index contributed by atoms with van der Waals surface area (Å²) in [5, 5.41) is 8.56. The van der Waals surface area contributed by atoms with Crippen LogP contribution < -0.4 is 9.47 Å². The molecule has 0 saturated heterocycles. The molecule has 0 aliphatic heterocycles. The molecular weight excluding hydrogens is 392 g/mol. The number of ether oxygens (including phenoxy) is 2. The van der Waals surface area contributed by atoms with Crippen molar-refractivity contribution in [1.82, 2.24) is 10.2 Å². The maximum atomic E-state index is 5.67. The monoisotopic (exact) mass is 406 g/mol. The smallest absolute Gasteiger partial charge is 0.277 e. The van der Waals surface area contributed by atoms with Gasteiger partial charge in [-0.05, 0) is 29.8 Å². The van der Waals surface area contributed by atoms with Crippen molar-refractivity contribution in [2.24, 2.45) is 0 Å². The second-order valence-electron chi connectivity index (χ2n) is 4.82. The molecule has 0 saturated carbocycles. The Hall–Kier alpha value is -1.99. The van der Waals surface area contributed by atoms with Gasteiger partial charge in [-0.3, -0.25) is 0 Å². The normalized spacial score (nSPS) is 10.6. The van der Waals surface area contributed by atoms with E-state index in [0.29, 0.717) is 22.6 Å². The number of nitrogens with zero attached hydrogens (tertiary/aromatic N) is 2. The van der Waals surface area contributed by atoms with Crippen molar-refractivity contribution < 1.29 is 13.9 Å². The van der Waals surface area contributed by atoms with Crippen molar-refractivity contribution in [3.8, 4) is 11.5 Å². The topological polar surface area (TPSA) is 57.4 Å². The lowest BCUT2D eigenvalue weighted by Gasteiger charge is -2.07. The Balaban J connectivity index is 1.55. The highest BCUT2D eigenvalue weighted by atomic mass is 79.9. The van der Waals surface area contributed by atoms with Gasteiger partial charge in [0.05, 0.1) is 7.11 Å². The van der Waals surface area contributed by atoms with Crippen LogP contribution in [0.4, 0.5) is 0 Å². The molecule has 0 aliphatic rings. The minimum absolute atomic E-state index is 0.199. The van der Waals surface area contributed by atoms with Gasteiger partial charge in [-0.25, -0.2) is 0 Å². The number of aromatic nitrogens is 2. The van der Waals surface area contributed by atoms with Crippen LogP contribution in [0, 0.1) is 0 Å². The molecule has 0 fully saturated rings. The molecule has 3 rings (SSSR count). The van der Waals surface area contributed by atoms with Crippen LogP contribution in [0.1, 0.15) is 11.5 Å². The predicted molar refractivity (Wildman–Crippen MR) is 95.3 cm³/mol. The molecule has 0 aliphatic carbocycles. The maximum Gasteiger partial charge on any atom is 0.277 e. The van der Waals surface area contributed by atoms with Crippen molar-refractivity contribution in [1.29, 1.82) is 0 Å². The minimum atomic E-state index is 0.199. The summed E-state index contributed by atoms with van der Waals surface area (Å²) in [5.74, 6) is 2.49. The molecule has 7 heteroatoms. The van der Waals surface area contributed by atoms with E-state index in [4.69, 9.17) is 13.9 Å². The molecule has 1 aromatic heterocycles. The standard InChI is InChI=1S/C17H15BrN2O3S/c1-21-14-7-2-3-8-15(14)22-10-16-19-20-17(23-16)24-11-12-5-4-6-13(18)9-12/h2-9H,10-11H2,1H3. The lowest BCUT2D eigenvalue weighted by atomic mass is 10.2. The van der Waals surface area contributed by atoms with E-state index < -0.39 is 0 Å². The molecule has 0 unspecified atom stereocenters. The van der Waals surface area contributed by atoms with Crippen molar-refractivity contribution in [3.05, 3.63) is 64.5 Å². The molecule has 0 radical (unpaired) electrons. The largest absolute Gasteiger partial charge is 0.493 e. The fourth-order valence-electron chi connectivity index (χ4n) is 2.00. The summed E-state index contributed by atoms with van der Waals surface area (Å²) in [4.78, 5) is 0. The third kappa shape index (κ3) is 4.52. The Labute approximate surface area is 152 Å². The molecule has 0 N–H and O–H groups in total. The van der Waals surface area contributed by atoms with Crippen molar-refractivity contribution in [3.63, 3.8) is 0 Å². The number of rotatable bonds is 7. The minimum Gasteiger partial charge on any atom is -0.493 e. The summed E-state index contributed by atoms with van der Waals surface area (Å²) in [7, 11) is 1.60. The fraction of sp³-hybridized carbons (Fsp3) is 0.176. The van der Waals surface area contributed by atoms with E-state index in [-0.39, 0.29) is 6.61 Å². The number of thioether (sulfide) groups is 1. The first kappa shape index (κ1) is 16.9. The summed E-state index contributed by atoms with van der Waals surface area (Å²) in [6.45, 7) is 0.199. The third-order valence-electron chi connectivity index (χ3n) is 3.12. The zero-order chi connectivity index (χ0) is 16.8. The van der Waals surface area contributed by atoms with E-state index in [0.717, 1.165) is 10.2 Å². The van der Waals surface area contributed by atoms with Crippen molar-refractivity contribution in [2.75, 3.05) is 7.11 Å². The summed E-state index contributed by atoms with van der Waals surface area (Å²) in [5.41, 5.74) is 1.18. The van der Waals surface area contributed by atoms with Crippen LogP contribution in [0.2, 0.25) is 0 Å². The van der Waals surface area contributed by atoms with E-state index in [1.807, 2.05) is 36.4 Å². The fourth-order valence-corrected chi connectivity index (χ4v) is 3.17. The Morgan fingerprint density at radius 2 is 1.92 bits per heavy atom. The molecule has 124 valence electrons. The molecule has 24 heavy (non-hydrogen) atoms. The molecule has 5 nitrogen and oxygen atoms in total. The summed E-state index contributed by atoms with van der Waals surface area (Å²) in [6.07, 6.45) is 0. The van der Waals surface area contributed by atoms with Crippen LogP contribution in [-0.4, -0.2) is 17.3 Å². The lowest BCUT2D eigenvalue weighted by Crippen LogP contribution is -1.97. The molecule has 0 spiro atoms. The van der Waals surface area contributed by atoms with E-state index >= 15 is 0 Å². The van der Waals surface area contributed by atoms with Crippen LogP contribution in [0.15, 0.2) is 62.6 Å². The number of benzene rings is 2. The maximum absolute atomic E-state index is 5.67. The van der Waals surface area contributed by atoms with Gasteiger partial charge < -0.3 is 13.9 Å². The van der Waals surface area contributed by atoms with Crippen LogP contribution in [0.5, 0.6) is 11.5 Å². The van der Waals surface area contributed by atoms with Gasteiger partial charge in [0, 0.05) is 10.2 Å². The Morgan fingerprint density at radius 1 is 1.08 bits per heavy atom. The zero-order valence-corrected chi connectivity index (χ0v) is 15.3. The van der Waals surface area contributed by atoms with Crippen molar-refractivity contribution >= 4 is 27.7 Å². The van der Waals surface area contributed by atoms with Crippen molar-refractivity contribution in [2.45, 2.75) is 17.6 Å². The van der Waals surface area contributed by atoms with Gasteiger partial charge in [0.1, 0.15) is 0 Å². The number of halogens is 1. The molecule has 0 atom stereocenters. The first-order chi connectivity index (χ1) is 11.7. The van der Waals surface area contributed by atoms with Gasteiger partial charge in [-0.1, -0.05) is 52.0 Å². The quantitative estimate of drug-likeness (QED) is 0.529. The molecule has 1 heterocycles. The highest BCUT2D eigenvalue weighted by molar-refractivity contribution is 9.10. The Kier molecular flexibility index (Phi) is 5.77. The van der Waals surface area contributed by atoms with E-state index in [2.05, 4.69) is 38.3 Å². The Bertz CT molecular complexity index is 810. The third-order valence-corrected chi connectivity index (χ3v) is 4.50. The summed E-state index contributed by atoms with van der Waals surface area (Å²) < 4.78 is 17.6. The number of hydrogen-bond acceptors (Lipinski definition) is 6. The SMILES string of the molecule is COc1ccccc1OCc1nnc(SCc2cccc(Br)c2)o1. The summed E-state index contributed by atoms with van der Waals surface area (Å²) >= 11 is 4.95. The Morgan fingerprint density at radius 3 is 2.71 bits per heavy atom. The van der Waals surface area contributed by atoms with Gasteiger partial charge in [-0.2, -0.15) is 0 Å². The highest BCUT2D eigenvalue weighted by Gasteiger charge is 2.09. The average molecular weight is 407 g/mol. The zero-order valence-electron chi connectivity index (χ0n) is 12.9. The van der Waals surface area contributed by atoms with Gasteiger partial charge in [0.15, 0.2) is 18.1 Å². The molecule has 3 aromatic rings. The van der Waals surface area contributed by atoms with Gasteiger partial charge in [-0.15, -0.1) is 10.2 Å². The van der Waals surface area contributed by atoms with E-state index in [1.54, 1.807) is 7.11 Å². The van der Waals surface area contributed by atoms with Crippen LogP contribution >= 0.6 is 27.7 Å². The van der Waals surface area contributed by atoms with Crippen LogP contribution in [0.3, 0.4) is 0 Å². The van der Waals surface area contributed by atoms with E-state index in [1.165, 1.54) is 17.3 Å². The number of hydrogen-bond donors (Lipinski definition) is 0. The van der Waals surface area contributed by atoms with Gasteiger partial charge in [0.2, 0.25) is 0 Å². The van der Waals surface area contributed by atoms with Crippen LogP contribution in [0.25, 0.3) is 0 Å². The second-order valence-corrected chi connectivity index (χ2v) is 6.66. The second kappa shape index (κ2) is 8.21. The number of methoxy groups -OCH3 is 1. The molecule has 2 aromatic carbocycles. The van der Waals surface area contributed by atoms with Gasteiger partial charge >= 0.3 is 0 Å². The average Bonchev–Trinajstić information content (AvgIpc) is 3.06.